The van der Waals surface area contributed by atoms with E-state index in [4.69, 9.17) is 4.74 Å². The zero-order valence-corrected chi connectivity index (χ0v) is 12.0. The average Bonchev–Trinajstić information content (AvgIpc) is 2.34. The van der Waals surface area contributed by atoms with Crippen molar-refractivity contribution in [3.8, 4) is 5.75 Å². The van der Waals surface area contributed by atoms with Gasteiger partial charge in [0.1, 0.15) is 5.75 Å². The minimum Gasteiger partial charge on any atom is -0.491 e. The third-order valence-electron chi connectivity index (χ3n) is 2.53. The minimum absolute atomic E-state index is 0.212. The number of amidine groups is 1. The van der Waals surface area contributed by atoms with E-state index in [1.807, 2.05) is 38.1 Å². The van der Waals surface area contributed by atoms with Crippen molar-refractivity contribution in [1.82, 2.24) is 0 Å². The Kier molecular flexibility index (Phi) is 4.53. The molecule has 1 aromatic rings. The molecule has 3 nitrogen and oxygen atoms in total. The van der Waals surface area contributed by atoms with E-state index >= 15 is 0 Å². The van der Waals surface area contributed by atoms with E-state index in [0.717, 1.165) is 28.9 Å². The number of benzene rings is 1. The summed E-state index contributed by atoms with van der Waals surface area (Å²) in [6.07, 6.45) is 0.212. The molecule has 2 rings (SSSR count). The van der Waals surface area contributed by atoms with Gasteiger partial charge in [0.25, 0.3) is 0 Å². The summed E-state index contributed by atoms with van der Waals surface area (Å²) in [7, 11) is 0. The molecule has 0 saturated carbocycles. The molecule has 0 saturated heterocycles. The molecule has 0 bridgehead atoms. The number of nitrogens with one attached hydrogen (secondary N) is 1. The third-order valence-corrected chi connectivity index (χ3v) is 3.77. The van der Waals surface area contributed by atoms with Crippen molar-refractivity contribution in [1.29, 1.82) is 0 Å². The van der Waals surface area contributed by atoms with Crippen LogP contribution in [0.1, 0.15) is 20.8 Å². The Morgan fingerprint density at radius 2 is 2.06 bits per heavy atom. The van der Waals surface area contributed by atoms with Crippen LogP contribution in [-0.4, -0.2) is 23.6 Å². The molecule has 1 N–H and O–H groups in total. The normalized spacial score (nSPS) is 19.6. The Labute approximate surface area is 113 Å². The second-order valence-electron chi connectivity index (χ2n) is 4.88. The molecule has 0 amide bonds. The molecule has 4 heteroatoms. The van der Waals surface area contributed by atoms with Crippen LogP contribution in [0.3, 0.4) is 0 Å². The van der Waals surface area contributed by atoms with E-state index in [2.05, 4.69) is 17.2 Å². The van der Waals surface area contributed by atoms with Gasteiger partial charge in [-0.15, -0.1) is 0 Å². The van der Waals surface area contributed by atoms with Crippen LogP contribution in [0.4, 0.5) is 5.69 Å². The molecular formula is C14H20N2OS. The van der Waals surface area contributed by atoms with Crippen molar-refractivity contribution < 1.29 is 4.74 Å². The van der Waals surface area contributed by atoms with Gasteiger partial charge in [0, 0.05) is 18.0 Å². The predicted molar refractivity (Wildman–Crippen MR) is 79.8 cm³/mol. The van der Waals surface area contributed by atoms with E-state index < -0.39 is 0 Å². The van der Waals surface area contributed by atoms with Crippen LogP contribution in [0.2, 0.25) is 0 Å². The van der Waals surface area contributed by atoms with E-state index in [0.29, 0.717) is 5.92 Å². The van der Waals surface area contributed by atoms with Gasteiger partial charge in [0.05, 0.1) is 6.10 Å². The standard InChI is InChI=1S/C14H20N2OS/c1-10(2)17-13-6-4-12(5-7-13)16-14-15-8-11(3)9-18-14/h4-7,10-11H,8-9H2,1-3H3,(H,15,16). The summed E-state index contributed by atoms with van der Waals surface area (Å²) in [5.41, 5.74) is 1.06. The Hall–Kier alpha value is -1.16. The first-order valence-corrected chi connectivity index (χ1v) is 7.33. The quantitative estimate of drug-likeness (QED) is 0.905. The fraction of sp³-hybridized carbons (Fsp3) is 0.500. The lowest BCUT2D eigenvalue weighted by Gasteiger charge is -2.18. The maximum atomic E-state index is 5.61. The number of thioether (sulfide) groups is 1. The third kappa shape index (κ3) is 3.95. The number of hydrogen-bond acceptors (Lipinski definition) is 4. The van der Waals surface area contributed by atoms with E-state index in [1.54, 1.807) is 11.8 Å². The number of anilines is 1. The van der Waals surface area contributed by atoms with Crippen molar-refractivity contribution in [3.63, 3.8) is 0 Å². The minimum atomic E-state index is 0.212. The van der Waals surface area contributed by atoms with Crippen molar-refractivity contribution in [2.75, 3.05) is 17.6 Å². The average molecular weight is 264 g/mol. The van der Waals surface area contributed by atoms with Gasteiger partial charge in [-0.05, 0) is 44.0 Å². The Morgan fingerprint density at radius 3 is 2.61 bits per heavy atom. The fourth-order valence-corrected chi connectivity index (χ4v) is 2.55. The van der Waals surface area contributed by atoms with Gasteiger partial charge in [-0.3, -0.25) is 4.99 Å². The molecule has 1 heterocycles. The predicted octanol–water partition coefficient (Wildman–Crippen LogP) is 3.62. The van der Waals surface area contributed by atoms with Gasteiger partial charge >= 0.3 is 0 Å². The van der Waals surface area contributed by atoms with Crippen LogP contribution in [0, 0.1) is 5.92 Å². The monoisotopic (exact) mass is 264 g/mol. The summed E-state index contributed by atoms with van der Waals surface area (Å²) in [4.78, 5) is 4.51. The molecule has 0 fully saturated rings. The molecule has 1 aliphatic heterocycles. The van der Waals surface area contributed by atoms with Gasteiger partial charge in [-0.1, -0.05) is 18.7 Å². The van der Waals surface area contributed by atoms with Crippen LogP contribution in [-0.2, 0) is 0 Å². The molecule has 1 unspecified atom stereocenters. The number of rotatable bonds is 3. The Bertz CT molecular complexity index is 414. The zero-order chi connectivity index (χ0) is 13.0. The first kappa shape index (κ1) is 13.3. The highest BCUT2D eigenvalue weighted by atomic mass is 32.2. The number of ether oxygens (including phenoxy) is 1. The van der Waals surface area contributed by atoms with Crippen molar-refractivity contribution in [3.05, 3.63) is 24.3 Å². The lowest BCUT2D eigenvalue weighted by molar-refractivity contribution is 0.242. The Morgan fingerprint density at radius 1 is 1.33 bits per heavy atom. The number of hydrogen-bond donors (Lipinski definition) is 1. The second kappa shape index (κ2) is 6.14. The SMILES string of the molecule is CC1CN=C(Nc2ccc(OC(C)C)cc2)SC1. The van der Waals surface area contributed by atoms with E-state index in [-0.39, 0.29) is 6.10 Å². The smallest absolute Gasteiger partial charge is 0.161 e. The first-order chi connectivity index (χ1) is 8.63. The molecule has 1 aromatic carbocycles. The highest BCUT2D eigenvalue weighted by Gasteiger charge is 2.11. The van der Waals surface area contributed by atoms with Gasteiger partial charge in [0.15, 0.2) is 5.17 Å². The van der Waals surface area contributed by atoms with Gasteiger partial charge < -0.3 is 10.1 Å². The van der Waals surface area contributed by atoms with E-state index in [1.165, 1.54) is 0 Å². The molecule has 0 aliphatic carbocycles. The second-order valence-corrected chi connectivity index (χ2v) is 5.89. The van der Waals surface area contributed by atoms with Crippen molar-refractivity contribution >= 4 is 22.6 Å². The zero-order valence-electron chi connectivity index (χ0n) is 11.1. The van der Waals surface area contributed by atoms with Crippen LogP contribution in [0.25, 0.3) is 0 Å². The first-order valence-electron chi connectivity index (χ1n) is 6.34. The van der Waals surface area contributed by atoms with Crippen LogP contribution >= 0.6 is 11.8 Å². The summed E-state index contributed by atoms with van der Waals surface area (Å²) in [6.45, 7) is 7.21. The summed E-state index contributed by atoms with van der Waals surface area (Å²) >= 11 is 1.79. The molecule has 0 spiro atoms. The molecule has 1 atom stereocenters. The molecule has 1 aliphatic rings. The highest BCUT2D eigenvalue weighted by molar-refractivity contribution is 8.14. The molecule has 0 radical (unpaired) electrons. The maximum absolute atomic E-state index is 5.61. The van der Waals surface area contributed by atoms with Gasteiger partial charge in [-0.2, -0.15) is 0 Å². The van der Waals surface area contributed by atoms with Crippen LogP contribution in [0.15, 0.2) is 29.3 Å². The fourth-order valence-electron chi connectivity index (χ4n) is 1.65. The maximum Gasteiger partial charge on any atom is 0.161 e. The van der Waals surface area contributed by atoms with E-state index in [9.17, 15) is 0 Å². The molecule has 18 heavy (non-hydrogen) atoms. The summed E-state index contributed by atoms with van der Waals surface area (Å²) < 4.78 is 5.61. The highest BCUT2D eigenvalue weighted by Crippen LogP contribution is 2.21. The van der Waals surface area contributed by atoms with Gasteiger partial charge in [-0.25, -0.2) is 0 Å². The molecule has 0 aromatic heterocycles. The molecule has 98 valence electrons. The summed E-state index contributed by atoms with van der Waals surface area (Å²) in [5, 5.41) is 4.36. The van der Waals surface area contributed by atoms with Crippen LogP contribution < -0.4 is 10.1 Å². The lowest BCUT2D eigenvalue weighted by atomic mass is 10.2. The van der Waals surface area contributed by atoms with Crippen molar-refractivity contribution in [2.45, 2.75) is 26.9 Å². The molecular weight excluding hydrogens is 244 g/mol. The van der Waals surface area contributed by atoms with Crippen LogP contribution in [0.5, 0.6) is 5.75 Å². The largest absolute Gasteiger partial charge is 0.491 e. The Balaban J connectivity index is 1.94. The number of nitrogens with zero attached hydrogens (tertiary/aromatic N) is 1. The summed E-state index contributed by atoms with van der Waals surface area (Å²) in [5.74, 6) is 2.73. The number of aliphatic imine (C=N–C) groups is 1. The summed E-state index contributed by atoms with van der Waals surface area (Å²) in [6, 6.07) is 8.02. The van der Waals surface area contributed by atoms with Crippen molar-refractivity contribution in [2.24, 2.45) is 10.9 Å². The lowest BCUT2D eigenvalue weighted by Crippen LogP contribution is -2.18. The van der Waals surface area contributed by atoms with Gasteiger partial charge in [0.2, 0.25) is 0 Å². The topological polar surface area (TPSA) is 33.6 Å².